The standard InChI is InChI=1S/C13H15N3O3/c1-8(2)9-4-6-10(7-5-9)14-12(17)11-13(18)19-15-16(11)3/h4-8H,1-3H3,(H-,14,15,17,18)/p+1. The molecule has 1 aromatic heterocycles. The Bertz CT molecular complexity index is 638. The quantitative estimate of drug-likeness (QED) is 0.815. The van der Waals surface area contributed by atoms with Crippen molar-refractivity contribution in [2.45, 2.75) is 19.8 Å². The fourth-order valence-electron chi connectivity index (χ4n) is 1.73. The first-order valence-corrected chi connectivity index (χ1v) is 5.98. The molecule has 0 spiro atoms. The molecule has 0 saturated carbocycles. The normalized spacial score (nSPS) is 10.7. The molecule has 0 bridgehead atoms. The van der Waals surface area contributed by atoms with Crippen LogP contribution in [0.1, 0.15) is 35.8 Å². The highest BCUT2D eigenvalue weighted by molar-refractivity contribution is 6.01. The number of anilines is 1. The van der Waals surface area contributed by atoms with Crippen molar-refractivity contribution in [1.82, 2.24) is 5.27 Å². The Morgan fingerprint density at radius 2 is 1.95 bits per heavy atom. The minimum absolute atomic E-state index is 0.0760. The number of rotatable bonds is 3. The van der Waals surface area contributed by atoms with Gasteiger partial charge in [0.2, 0.25) is 0 Å². The SMILES string of the molecule is CC(C)c1ccc(NC(=O)c2c(=O)o[nH][n+]2C)cc1. The average Bonchev–Trinajstić information content (AvgIpc) is 2.69. The number of carbonyl (C=O) groups excluding carboxylic acids is 1. The topological polar surface area (TPSA) is 79.0 Å². The molecule has 0 saturated heterocycles. The molecule has 6 nitrogen and oxygen atoms in total. The van der Waals surface area contributed by atoms with Crippen LogP contribution < -0.4 is 15.6 Å². The van der Waals surface area contributed by atoms with Gasteiger partial charge in [-0.1, -0.05) is 30.7 Å². The van der Waals surface area contributed by atoms with Crippen molar-refractivity contribution in [2.24, 2.45) is 7.05 Å². The Kier molecular flexibility index (Phi) is 3.50. The van der Waals surface area contributed by atoms with E-state index in [1.54, 1.807) is 0 Å². The second-order valence-corrected chi connectivity index (χ2v) is 4.62. The summed E-state index contributed by atoms with van der Waals surface area (Å²) >= 11 is 0. The predicted molar refractivity (Wildman–Crippen MR) is 69.0 cm³/mol. The molecule has 0 aliphatic heterocycles. The molecule has 0 fully saturated rings. The third-order valence-electron chi connectivity index (χ3n) is 2.85. The van der Waals surface area contributed by atoms with E-state index in [-0.39, 0.29) is 5.69 Å². The predicted octanol–water partition coefficient (Wildman–Crippen LogP) is 1.17. The van der Waals surface area contributed by atoms with E-state index < -0.39 is 11.5 Å². The molecule has 0 atom stereocenters. The number of aryl methyl sites for hydroxylation is 1. The van der Waals surface area contributed by atoms with Crippen molar-refractivity contribution in [3.8, 4) is 0 Å². The van der Waals surface area contributed by atoms with Crippen LogP contribution in [0.3, 0.4) is 0 Å². The Morgan fingerprint density at radius 3 is 2.42 bits per heavy atom. The summed E-state index contributed by atoms with van der Waals surface area (Å²) < 4.78 is 5.76. The molecule has 1 amide bonds. The number of aromatic nitrogens is 2. The van der Waals surface area contributed by atoms with Crippen LogP contribution in [0.4, 0.5) is 5.69 Å². The molecule has 0 aliphatic rings. The van der Waals surface area contributed by atoms with Gasteiger partial charge in [0, 0.05) is 5.69 Å². The van der Waals surface area contributed by atoms with Gasteiger partial charge in [0.05, 0.1) is 0 Å². The van der Waals surface area contributed by atoms with Crippen LogP contribution in [0.5, 0.6) is 0 Å². The van der Waals surface area contributed by atoms with Crippen molar-refractivity contribution in [3.63, 3.8) is 0 Å². The summed E-state index contributed by atoms with van der Waals surface area (Å²) in [7, 11) is 1.53. The molecule has 1 heterocycles. The van der Waals surface area contributed by atoms with E-state index in [1.165, 1.54) is 17.3 Å². The first kappa shape index (κ1) is 13.1. The molecule has 2 rings (SSSR count). The van der Waals surface area contributed by atoms with Gasteiger partial charge in [-0.3, -0.25) is 9.32 Å². The van der Waals surface area contributed by atoms with E-state index in [1.807, 2.05) is 24.3 Å². The lowest BCUT2D eigenvalue weighted by atomic mass is 10.0. The van der Waals surface area contributed by atoms with Crippen LogP contribution in [0.25, 0.3) is 0 Å². The van der Waals surface area contributed by atoms with E-state index in [0.29, 0.717) is 11.6 Å². The maximum absolute atomic E-state index is 11.9. The average molecular weight is 262 g/mol. The van der Waals surface area contributed by atoms with Gasteiger partial charge in [0.25, 0.3) is 0 Å². The highest BCUT2D eigenvalue weighted by Gasteiger charge is 2.26. The maximum Gasteiger partial charge on any atom is 0.440 e. The molecule has 6 heteroatoms. The Labute approximate surface area is 110 Å². The largest absolute Gasteiger partial charge is 0.440 e. The zero-order chi connectivity index (χ0) is 14.0. The Hall–Kier alpha value is -2.37. The second-order valence-electron chi connectivity index (χ2n) is 4.62. The maximum atomic E-state index is 11.9. The molecule has 0 unspecified atom stereocenters. The third kappa shape index (κ3) is 2.73. The second kappa shape index (κ2) is 5.09. The van der Waals surface area contributed by atoms with Crippen LogP contribution in [-0.4, -0.2) is 11.2 Å². The summed E-state index contributed by atoms with van der Waals surface area (Å²) in [4.78, 5) is 23.3. The van der Waals surface area contributed by atoms with Crippen molar-refractivity contribution in [3.05, 3.63) is 45.9 Å². The van der Waals surface area contributed by atoms with Crippen LogP contribution in [-0.2, 0) is 7.05 Å². The lowest BCUT2D eigenvalue weighted by Crippen LogP contribution is -2.41. The van der Waals surface area contributed by atoms with Crippen molar-refractivity contribution in [2.75, 3.05) is 5.32 Å². The number of benzene rings is 1. The third-order valence-corrected chi connectivity index (χ3v) is 2.85. The van der Waals surface area contributed by atoms with Gasteiger partial charge in [-0.2, -0.15) is 0 Å². The number of nitrogens with one attached hydrogen (secondary N) is 2. The van der Waals surface area contributed by atoms with Crippen molar-refractivity contribution in [1.29, 1.82) is 0 Å². The summed E-state index contributed by atoms with van der Waals surface area (Å²) in [5, 5.41) is 4.95. The van der Waals surface area contributed by atoms with Crippen LogP contribution in [0.2, 0.25) is 0 Å². The van der Waals surface area contributed by atoms with Gasteiger partial charge in [0.15, 0.2) is 7.05 Å². The monoisotopic (exact) mass is 262 g/mol. The number of H-pyrrole nitrogens is 1. The number of hydrogen-bond donors (Lipinski definition) is 2. The van der Waals surface area contributed by atoms with Crippen LogP contribution in [0.15, 0.2) is 33.6 Å². The molecule has 100 valence electrons. The molecule has 0 aliphatic carbocycles. The summed E-state index contributed by atoms with van der Waals surface area (Å²) in [6.45, 7) is 4.19. The fraction of sp³-hybridized carbons (Fsp3) is 0.308. The molecule has 2 aromatic rings. The minimum atomic E-state index is -0.696. The van der Waals surface area contributed by atoms with Gasteiger partial charge in [-0.25, -0.2) is 4.79 Å². The number of hydrogen-bond acceptors (Lipinski definition) is 3. The van der Waals surface area contributed by atoms with Gasteiger partial charge in [-0.15, -0.1) is 0 Å². The number of amides is 1. The molecular formula is C13H16N3O3+. The zero-order valence-electron chi connectivity index (χ0n) is 11.1. The number of carbonyl (C=O) groups is 1. The zero-order valence-corrected chi connectivity index (χ0v) is 11.1. The summed E-state index contributed by atoms with van der Waals surface area (Å²) in [6, 6.07) is 7.50. The summed E-state index contributed by atoms with van der Waals surface area (Å²) in [6.07, 6.45) is 0. The fourth-order valence-corrected chi connectivity index (χ4v) is 1.73. The lowest BCUT2D eigenvalue weighted by Gasteiger charge is -2.06. The molecular weight excluding hydrogens is 246 g/mol. The molecule has 1 aromatic carbocycles. The van der Waals surface area contributed by atoms with E-state index in [2.05, 4.69) is 29.0 Å². The van der Waals surface area contributed by atoms with E-state index in [0.717, 1.165) is 0 Å². The van der Waals surface area contributed by atoms with Gasteiger partial charge in [-0.05, 0) is 28.9 Å². The molecule has 2 N–H and O–H groups in total. The summed E-state index contributed by atoms with van der Waals surface area (Å²) in [5.41, 5.74) is 1.05. The summed E-state index contributed by atoms with van der Waals surface area (Å²) in [5.74, 6) is -0.0749. The van der Waals surface area contributed by atoms with Crippen LogP contribution in [0, 0.1) is 0 Å². The van der Waals surface area contributed by atoms with Gasteiger partial charge >= 0.3 is 17.2 Å². The van der Waals surface area contributed by atoms with E-state index in [9.17, 15) is 9.59 Å². The van der Waals surface area contributed by atoms with E-state index in [4.69, 9.17) is 0 Å². The lowest BCUT2D eigenvalue weighted by molar-refractivity contribution is -0.741. The Morgan fingerprint density at radius 1 is 1.32 bits per heavy atom. The first-order chi connectivity index (χ1) is 8.99. The molecule has 19 heavy (non-hydrogen) atoms. The number of aromatic amines is 1. The first-order valence-electron chi connectivity index (χ1n) is 5.98. The van der Waals surface area contributed by atoms with Gasteiger partial charge in [0.1, 0.15) is 0 Å². The minimum Gasteiger partial charge on any atom is -0.316 e. The Balaban J connectivity index is 2.18. The number of nitrogens with zero attached hydrogens (tertiary/aromatic N) is 1. The highest BCUT2D eigenvalue weighted by Crippen LogP contribution is 2.17. The molecule has 0 radical (unpaired) electrons. The van der Waals surface area contributed by atoms with Gasteiger partial charge < -0.3 is 5.32 Å². The van der Waals surface area contributed by atoms with E-state index >= 15 is 0 Å². The van der Waals surface area contributed by atoms with Crippen molar-refractivity contribution >= 4 is 11.6 Å². The van der Waals surface area contributed by atoms with Crippen molar-refractivity contribution < 1.29 is 14.0 Å². The smallest absolute Gasteiger partial charge is 0.316 e. The highest BCUT2D eigenvalue weighted by atomic mass is 16.5. The van der Waals surface area contributed by atoms with Crippen LogP contribution >= 0.6 is 0 Å².